The predicted molar refractivity (Wildman–Crippen MR) is 125 cm³/mol. The van der Waals surface area contributed by atoms with Crippen LogP contribution in [-0.4, -0.2) is 58.5 Å². The second-order valence-electron chi connectivity index (χ2n) is 7.74. The minimum atomic E-state index is -4.02. The molecule has 1 saturated heterocycles. The Bertz CT molecular complexity index is 1480. The van der Waals surface area contributed by atoms with Gasteiger partial charge in [-0.2, -0.15) is 4.31 Å². The molecule has 0 bridgehead atoms. The number of rotatable bonds is 5. The molecule has 12 heteroatoms. The summed E-state index contributed by atoms with van der Waals surface area (Å²) in [6.07, 6.45) is 3.33. The number of fused-ring (bicyclic) bond motifs is 2. The molecule has 2 amide bonds. The number of primary amides is 1. The van der Waals surface area contributed by atoms with E-state index in [1.54, 1.807) is 42.7 Å². The first-order valence-electron chi connectivity index (χ1n) is 9.92. The van der Waals surface area contributed by atoms with Crippen LogP contribution in [0.15, 0.2) is 53.0 Å². The number of pyridine rings is 1. The third-order valence-corrected chi connectivity index (χ3v) is 9.18. The lowest BCUT2D eigenvalue weighted by Gasteiger charge is -2.38. The van der Waals surface area contributed by atoms with Crippen molar-refractivity contribution in [1.29, 1.82) is 0 Å². The first-order valence-corrected chi connectivity index (χ1v) is 12.6. The number of carbonyl (C=O) groups excluding carboxylic acids is 2. The minimum absolute atomic E-state index is 0.0763. The van der Waals surface area contributed by atoms with Crippen molar-refractivity contribution < 1.29 is 18.0 Å². The van der Waals surface area contributed by atoms with Gasteiger partial charge in [0.1, 0.15) is 10.3 Å². The van der Waals surface area contributed by atoms with Gasteiger partial charge in [-0.25, -0.2) is 8.42 Å². The van der Waals surface area contributed by atoms with Gasteiger partial charge in [0, 0.05) is 45.3 Å². The highest BCUT2D eigenvalue weighted by Crippen LogP contribution is 2.33. The van der Waals surface area contributed by atoms with Crippen molar-refractivity contribution >= 4 is 65.8 Å². The lowest BCUT2D eigenvalue weighted by atomic mass is 10.1. The van der Waals surface area contributed by atoms with E-state index in [-0.39, 0.29) is 23.8 Å². The van der Waals surface area contributed by atoms with E-state index in [0.29, 0.717) is 15.4 Å². The Morgan fingerprint density at radius 2 is 2.06 bits per heavy atom. The molecule has 5 rings (SSSR count). The van der Waals surface area contributed by atoms with E-state index in [0.717, 1.165) is 31.9 Å². The second kappa shape index (κ2) is 8.10. The fraction of sp³-hybridized carbons (Fsp3) is 0.190. The Balaban J connectivity index is 1.43. The number of thiophene rings is 1. The summed E-state index contributed by atoms with van der Waals surface area (Å²) in [6.45, 7) is -0.514. The summed E-state index contributed by atoms with van der Waals surface area (Å²) < 4.78 is 28.4. The Kier molecular flexibility index (Phi) is 5.36. The average Bonchev–Trinajstić information content (AvgIpc) is 3.38. The van der Waals surface area contributed by atoms with E-state index in [2.05, 4.69) is 9.97 Å². The van der Waals surface area contributed by atoms with Crippen molar-refractivity contribution in [1.82, 2.24) is 19.2 Å². The number of benzene rings is 1. The maximum atomic E-state index is 13.3. The highest BCUT2D eigenvalue weighted by atomic mass is 35.5. The van der Waals surface area contributed by atoms with Crippen LogP contribution in [0, 0.1) is 0 Å². The fourth-order valence-corrected chi connectivity index (χ4v) is 7.16. The molecule has 4 aromatic rings. The van der Waals surface area contributed by atoms with E-state index in [1.165, 1.54) is 4.90 Å². The molecule has 0 radical (unpaired) electrons. The van der Waals surface area contributed by atoms with E-state index in [4.69, 9.17) is 17.3 Å². The molecule has 33 heavy (non-hydrogen) atoms. The van der Waals surface area contributed by atoms with Gasteiger partial charge in [-0.05, 0) is 35.7 Å². The van der Waals surface area contributed by atoms with Gasteiger partial charge in [-0.15, -0.1) is 11.3 Å². The zero-order valence-corrected chi connectivity index (χ0v) is 19.5. The number of halogens is 1. The molecule has 1 fully saturated rings. The maximum absolute atomic E-state index is 13.3. The molecule has 4 heterocycles. The molecule has 0 spiro atoms. The van der Waals surface area contributed by atoms with E-state index < -0.39 is 27.9 Å². The SMILES string of the molecule is NC(=O)C1CN(S(=O)(=O)c2cc3ccc(Cl)cc3s2)CC(=O)N1Cc1cc2cnccc2[nH]1. The Hall–Kier alpha value is -2.99. The number of piperazine rings is 1. The minimum Gasteiger partial charge on any atom is -0.368 e. The van der Waals surface area contributed by atoms with E-state index >= 15 is 0 Å². The molecular weight excluding hydrogens is 486 g/mol. The highest BCUT2D eigenvalue weighted by Gasteiger charge is 2.41. The molecule has 1 unspecified atom stereocenters. The van der Waals surface area contributed by atoms with Crippen molar-refractivity contribution in [3.8, 4) is 0 Å². The predicted octanol–water partition coefficient (Wildman–Crippen LogP) is 2.32. The number of H-pyrrole nitrogens is 1. The third-order valence-electron chi connectivity index (χ3n) is 5.58. The molecule has 0 saturated carbocycles. The molecule has 9 nitrogen and oxygen atoms in total. The largest absolute Gasteiger partial charge is 0.368 e. The summed E-state index contributed by atoms with van der Waals surface area (Å²) in [6, 6.07) is 9.17. The Labute approximate surface area is 197 Å². The van der Waals surface area contributed by atoms with Gasteiger partial charge >= 0.3 is 0 Å². The van der Waals surface area contributed by atoms with Gasteiger partial charge in [0.2, 0.25) is 11.8 Å². The number of nitrogens with two attached hydrogens (primary N) is 1. The first-order chi connectivity index (χ1) is 15.7. The quantitative estimate of drug-likeness (QED) is 0.431. The maximum Gasteiger partial charge on any atom is 0.253 e. The number of hydrogen-bond donors (Lipinski definition) is 2. The monoisotopic (exact) mass is 503 g/mol. The van der Waals surface area contributed by atoms with E-state index in [9.17, 15) is 18.0 Å². The lowest BCUT2D eigenvalue weighted by molar-refractivity contribution is -0.144. The zero-order chi connectivity index (χ0) is 23.3. The van der Waals surface area contributed by atoms with Gasteiger partial charge in [-0.3, -0.25) is 14.6 Å². The van der Waals surface area contributed by atoms with Crippen molar-refractivity contribution in [2.45, 2.75) is 16.8 Å². The van der Waals surface area contributed by atoms with Gasteiger partial charge in [-0.1, -0.05) is 17.7 Å². The fourth-order valence-electron chi connectivity index (χ4n) is 3.93. The number of nitrogens with one attached hydrogen (secondary N) is 1. The van der Waals surface area contributed by atoms with Gasteiger partial charge in [0.05, 0.1) is 13.1 Å². The molecular formula is C21H18ClN5O4S2. The number of amides is 2. The molecule has 3 aromatic heterocycles. The van der Waals surface area contributed by atoms with Gasteiger partial charge in [0.15, 0.2) is 0 Å². The van der Waals surface area contributed by atoms with Gasteiger partial charge in [0.25, 0.3) is 10.0 Å². The molecule has 1 aliphatic rings. The summed E-state index contributed by atoms with van der Waals surface area (Å²) in [5.74, 6) is -1.28. The van der Waals surface area contributed by atoms with Crippen LogP contribution in [0.5, 0.6) is 0 Å². The van der Waals surface area contributed by atoms with Crippen molar-refractivity contribution in [3.63, 3.8) is 0 Å². The number of sulfonamides is 1. The van der Waals surface area contributed by atoms with Crippen molar-refractivity contribution in [2.24, 2.45) is 5.73 Å². The summed E-state index contributed by atoms with van der Waals surface area (Å²) in [5.41, 5.74) is 7.12. The zero-order valence-electron chi connectivity index (χ0n) is 17.1. The molecule has 3 N–H and O–H groups in total. The topological polar surface area (TPSA) is 129 Å². The Morgan fingerprint density at radius 3 is 2.82 bits per heavy atom. The molecule has 170 valence electrons. The van der Waals surface area contributed by atoms with Crippen LogP contribution in [0.2, 0.25) is 5.02 Å². The van der Waals surface area contributed by atoms with E-state index in [1.807, 2.05) is 6.07 Å². The molecule has 0 aliphatic carbocycles. The Morgan fingerprint density at radius 1 is 1.24 bits per heavy atom. The number of aromatic nitrogens is 2. The number of aromatic amines is 1. The third kappa shape index (κ3) is 3.97. The second-order valence-corrected chi connectivity index (χ2v) is 11.4. The van der Waals surface area contributed by atoms with Crippen LogP contribution in [0.25, 0.3) is 21.0 Å². The molecule has 1 aliphatic heterocycles. The first kappa shape index (κ1) is 21.8. The standard InChI is InChI=1S/C21H18ClN5O4S2/c22-14-2-1-12-6-20(32-18(12)7-14)33(30,31)26-10-17(21(23)29)27(19(28)11-26)9-15-5-13-8-24-4-3-16(13)25-15/h1-8,17,25H,9-11H2,(H2,23,29). The molecule has 1 aromatic carbocycles. The van der Waals surface area contributed by atoms with Crippen molar-refractivity contribution in [2.75, 3.05) is 13.1 Å². The number of carbonyl (C=O) groups is 2. The summed E-state index contributed by atoms with van der Waals surface area (Å²) >= 11 is 7.07. The summed E-state index contributed by atoms with van der Waals surface area (Å²) in [4.78, 5) is 33.8. The highest BCUT2D eigenvalue weighted by molar-refractivity contribution is 7.91. The average molecular weight is 504 g/mol. The van der Waals surface area contributed by atoms with Crippen LogP contribution in [0.4, 0.5) is 0 Å². The van der Waals surface area contributed by atoms with Gasteiger partial charge < -0.3 is 15.6 Å². The normalized spacial score (nSPS) is 17.8. The molecule has 1 atom stereocenters. The number of nitrogens with zero attached hydrogens (tertiary/aromatic N) is 3. The van der Waals surface area contributed by atoms with Crippen LogP contribution < -0.4 is 5.73 Å². The lowest BCUT2D eigenvalue weighted by Crippen LogP contribution is -2.61. The number of hydrogen-bond acceptors (Lipinski definition) is 6. The van der Waals surface area contributed by atoms with Crippen LogP contribution in [-0.2, 0) is 26.2 Å². The van der Waals surface area contributed by atoms with Crippen molar-refractivity contribution in [3.05, 3.63) is 59.5 Å². The summed E-state index contributed by atoms with van der Waals surface area (Å²) in [7, 11) is -4.02. The smallest absolute Gasteiger partial charge is 0.253 e. The summed E-state index contributed by atoms with van der Waals surface area (Å²) in [5, 5.41) is 2.09. The van der Waals surface area contributed by atoms with Crippen LogP contribution in [0.3, 0.4) is 0 Å². The van der Waals surface area contributed by atoms with Crippen LogP contribution in [0.1, 0.15) is 5.69 Å². The van der Waals surface area contributed by atoms with Crippen LogP contribution >= 0.6 is 22.9 Å².